The largest absolute Gasteiger partial charge is 0.419 e. The molecular formula is C20H26N2O4. The molecule has 0 radical (unpaired) electrons. The molecule has 2 heterocycles. The molecule has 0 saturated carbocycles. The highest BCUT2D eigenvalue weighted by molar-refractivity contribution is 6.18. The summed E-state index contributed by atoms with van der Waals surface area (Å²) in [6.45, 7) is 11.3. The predicted molar refractivity (Wildman–Crippen MR) is 98.1 cm³/mol. The van der Waals surface area contributed by atoms with Gasteiger partial charge in [0.25, 0.3) is 5.79 Å². The molecule has 140 valence electrons. The molecule has 0 spiro atoms. The van der Waals surface area contributed by atoms with Crippen molar-refractivity contribution in [2.45, 2.75) is 33.1 Å². The molecule has 6 heteroatoms. The summed E-state index contributed by atoms with van der Waals surface area (Å²) in [5, 5.41) is 0. The summed E-state index contributed by atoms with van der Waals surface area (Å²) in [4.78, 5) is 29.2. The third-order valence-corrected chi connectivity index (χ3v) is 4.78. The van der Waals surface area contributed by atoms with Crippen molar-refractivity contribution in [3.8, 4) is 0 Å². The second-order valence-electron chi connectivity index (χ2n) is 7.15. The first-order chi connectivity index (χ1) is 12.4. The molecular weight excluding hydrogens is 332 g/mol. The Bertz CT molecular complexity index is 696. The molecule has 0 amide bonds. The Balaban J connectivity index is 1.77. The highest BCUT2D eigenvalue weighted by Crippen LogP contribution is 2.25. The number of piperazine rings is 1. The highest BCUT2D eigenvalue weighted by Gasteiger charge is 2.38. The molecule has 0 N–H and O–H groups in total. The zero-order valence-electron chi connectivity index (χ0n) is 15.7. The van der Waals surface area contributed by atoms with Crippen molar-refractivity contribution in [2.75, 3.05) is 32.7 Å². The van der Waals surface area contributed by atoms with Crippen molar-refractivity contribution in [2.24, 2.45) is 0 Å². The molecule has 2 saturated heterocycles. The number of nitrogens with zero attached hydrogens (tertiary/aromatic N) is 2. The SMILES string of the molecule is CCN1CCN(Cc2ccccc2C=C2C(=O)OC(C)(C)OC2=O)CC1. The van der Waals surface area contributed by atoms with Crippen LogP contribution in [-0.2, 0) is 25.6 Å². The van der Waals surface area contributed by atoms with Crippen molar-refractivity contribution >= 4 is 18.0 Å². The van der Waals surface area contributed by atoms with E-state index in [-0.39, 0.29) is 5.57 Å². The van der Waals surface area contributed by atoms with E-state index in [0.717, 1.165) is 50.4 Å². The fraction of sp³-hybridized carbons (Fsp3) is 0.500. The molecule has 0 bridgehead atoms. The van der Waals surface area contributed by atoms with Gasteiger partial charge in [0.05, 0.1) is 0 Å². The van der Waals surface area contributed by atoms with Crippen LogP contribution in [0.15, 0.2) is 29.8 Å². The zero-order valence-corrected chi connectivity index (χ0v) is 15.7. The molecule has 2 fully saturated rings. The number of likely N-dealkylation sites (N-methyl/N-ethyl adjacent to an activating group) is 1. The summed E-state index contributed by atoms with van der Waals surface area (Å²) in [6, 6.07) is 7.81. The number of rotatable bonds is 4. The molecule has 0 atom stereocenters. The normalized spacial score (nSPS) is 21.3. The van der Waals surface area contributed by atoms with Crippen molar-refractivity contribution in [1.29, 1.82) is 0 Å². The van der Waals surface area contributed by atoms with Gasteiger partial charge >= 0.3 is 11.9 Å². The van der Waals surface area contributed by atoms with E-state index in [1.54, 1.807) is 19.9 Å². The Morgan fingerprint density at radius 1 is 1.00 bits per heavy atom. The molecule has 0 unspecified atom stereocenters. The summed E-state index contributed by atoms with van der Waals surface area (Å²) in [6.07, 6.45) is 1.58. The Morgan fingerprint density at radius 3 is 2.19 bits per heavy atom. The van der Waals surface area contributed by atoms with Crippen LogP contribution in [0.4, 0.5) is 0 Å². The summed E-state index contributed by atoms with van der Waals surface area (Å²) < 4.78 is 10.4. The Morgan fingerprint density at radius 2 is 1.58 bits per heavy atom. The molecule has 6 nitrogen and oxygen atoms in total. The monoisotopic (exact) mass is 358 g/mol. The van der Waals surface area contributed by atoms with Crippen LogP contribution in [0.1, 0.15) is 31.9 Å². The first-order valence-corrected chi connectivity index (χ1v) is 9.09. The van der Waals surface area contributed by atoms with Gasteiger partial charge in [-0.3, -0.25) is 4.90 Å². The minimum absolute atomic E-state index is 0.0624. The maximum absolute atomic E-state index is 12.2. The van der Waals surface area contributed by atoms with E-state index < -0.39 is 17.7 Å². The summed E-state index contributed by atoms with van der Waals surface area (Å²) in [5.41, 5.74) is 1.86. The second kappa shape index (κ2) is 7.60. The lowest BCUT2D eigenvalue weighted by molar-refractivity contribution is -0.222. The van der Waals surface area contributed by atoms with Gasteiger partial charge in [-0.25, -0.2) is 9.59 Å². The lowest BCUT2D eigenvalue weighted by Gasteiger charge is -2.34. The van der Waals surface area contributed by atoms with Gasteiger partial charge in [0, 0.05) is 46.6 Å². The van der Waals surface area contributed by atoms with Crippen LogP contribution in [0.3, 0.4) is 0 Å². The summed E-state index contributed by atoms with van der Waals surface area (Å²) in [5.74, 6) is -2.50. The smallest absolute Gasteiger partial charge is 0.348 e. The van der Waals surface area contributed by atoms with Gasteiger partial charge in [-0.2, -0.15) is 0 Å². The molecule has 2 aliphatic heterocycles. The number of hydrogen-bond donors (Lipinski definition) is 0. The second-order valence-corrected chi connectivity index (χ2v) is 7.15. The number of carbonyl (C=O) groups is 2. The third-order valence-electron chi connectivity index (χ3n) is 4.78. The van der Waals surface area contributed by atoms with Crippen LogP contribution in [0.5, 0.6) is 0 Å². The van der Waals surface area contributed by atoms with Gasteiger partial charge in [0.15, 0.2) is 0 Å². The molecule has 2 aliphatic rings. The van der Waals surface area contributed by atoms with Crippen molar-refractivity contribution in [3.63, 3.8) is 0 Å². The first-order valence-electron chi connectivity index (χ1n) is 9.09. The Labute approximate surface area is 154 Å². The van der Waals surface area contributed by atoms with Crippen molar-refractivity contribution in [3.05, 3.63) is 41.0 Å². The van der Waals surface area contributed by atoms with Crippen LogP contribution in [0, 0.1) is 0 Å². The Hall–Kier alpha value is -2.18. The maximum atomic E-state index is 12.2. The van der Waals surface area contributed by atoms with Crippen molar-refractivity contribution in [1.82, 2.24) is 9.80 Å². The number of ether oxygens (including phenoxy) is 2. The van der Waals surface area contributed by atoms with Gasteiger partial charge < -0.3 is 14.4 Å². The molecule has 26 heavy (non-hydrogen) atoms. The fourth-order valence-corrected chi connectivity index (χ4v) is 3.26. The quantitative estimate of drug-likeness (QED) is 0.466. The number of cyclic esters (lactones) is 2. The highest BCUT2D eigenvalue weighted by atomic mass is 16.7. The number of hydrogen-bond acceptors (Lipinski definition) is 6. The van der Waals surface area contributed by atoms with Gasteiger partial charge in [-0.15, -0.1) is 0 Å². The predicted octanol–water partition coefficient (Wildman–Crippen LogP) is 2.04. The first kappa shape index (κ1) is 18.6. The van der Waals surface area contributed by atoms with Crippen LogP contribution < -0.4 is 0 Å². The summed E-state index contributed by atoms with van der Waals surface area (Å²) in [7, 11) is 0. The van der Waals surface area contributed by atoms with Gasteiger partial charge in [-0.1, -0.05) is 31.2 Å². The van der Waals surface area contributed by atoms with Crippen LogP contribution >= 0.6 is 0 Å². The summed E-state index contributed by atoms with van der Waals surface area (Å²) >= 11 is 0. The average molecular weight is 358 g/mol. The third kappa shape index (κ3) is 4.31. The topological polar surface area (TPSA) is 59.1 Å². The molecule has 1 aromatic carbocycles. The van der Waals surface area contributed by atoms with E-state index >= 15 is 0 Å². The van der Waals surface area contributed by atoms with Crippen LogP contribution in [-0.4, -0.2) is 60.2 Å². The van der Waals surface area contributed by atoms with Gasteiger partial charge in [0.1, 0.15) is 5.57 Å². The van der Waals surface area contributed by atoms with E-state index in [2.05, 4.69) is 16.7 Å². The average Bonchev–Trinajstić information content (AvgIpc) is 2.59. The Kier molecular flexibility index (Phi) is 5.44. The minimum atomic E-state index is -1.22. The van der Waals surface area contributed by atoms with E-state index in [1.165, 1.54) is 0 Å². The van der Waals surface area contributed by atoms with E-state index in [0.29, 0.717) is 0 Å². The lowest BCUT2D eigenvalue weighted by Crippen LogP contribution is -2.45. The van der Waals surface area contributed by atoms with Crippen molar-refractivity contribution < 1.29 is 19.1 Å². The van der Waals surface area contributed by atoms with E-state index in [4.69, 9.17) is 9.47 Å². The van der Waals surface area contributed by atoms with Crippen LogP contribution in [0.2, 0.25) is 0 Å². The zero-order chi connectivity index (χ0) is 18.7. The minimum Gasteiger partial charge on any atom is -0.419 e. The van der Waals surface area contributed by atoms with E-state index in [9.17, 15) is 9.59 Å². The van der Waals surface area contributed by atoms with Crippen LogP contribution in [0.25, 0.3) is 6.08 Å². The molecule has 0 aromatic heterocycles. The van der Waals surface area contributed by atoms with Gasteiger partial charge in [-0.05, 0) is 23.7 Å². The fourth-order valence-electron chi connectivity index (χ4n) is 3.26. The standard InChI is InChI=1S/C20H26N2O4/c1-4-21-9-11-22(12-10-21)14-16-8-6-5-7-15(16)13-17-18(23)25-20(2,3)26-19(17)24/h5-8,13H,4,9-12,14H2,1-3H3. The molecule has 3 rings (SSSR count). The van der Waals surface area contributed by atoms with Gasteiger partial charge in [0.2, 0.25) is 0 Å². The number of esters is 2. The number of carbonyl (C=O) groups excluding carboxylic acids is 2. The molecule has 0 aliphatic carbocycles. The molecule has 1 aromatic rings. The lowest BCUT2D eigenvalue weighted by atomic mass is 10.0. The van der Waals surface area contributed by atoms with E-state index in [1.807, 2.05) is 24.3 Å². The number of benzene rings is 1. The maximum Gasteiger partial charge on any atom is 0.348 e.